The van der Waals surface area contributed by atoms with Crippen molar-refractivity contribution in [1.82, 2.24) is 31.1 Å². The van der Waals surface area contributed by atoms with Crippen molar-refractivity contribution < 1.29 is 33.6 Å². The van der Waals surface area contributed by atoms with Crippen LogP contribution in [0.25, 0.3) is 0 Å². The Morgan fingerprint density at radius 3 is 1.96 bits per heavy atom. The third-order valence-corrected chi connectivity index (χ3v) is 9.08. The molecule has 2 aliphatic rings. The third-order valence-electron chi connectivity index (χ3n) is 9.08. The summed E-state index contributed by atoms with van der Waals surface area (Å²) >= 11 is 0. The van der Waals surface area contributed by atoms with Crippen LogP contribution in [0.2, 0.25) is 0 Å². The molecule has 0 aliphatic carbocycles. The fourth-order valence-electron chi connectivity index (χ4n) is 5.58. The summed E-state index contributed by atoms with van der Waals surface area (Å²) in [6.07, 6.45) is 8.40. The first-order valence-electron chi connectivity index (χ1n) is 17.5. The van der Waals surface area contributed by atoms with Crippen molar-refractivity contribution in [2.75, 3.05) is 32.7 Å². The number of hydrogen-bond donors (Lipinski definition) is 4. The number of amides is 7. The number of likely N-dealkylation sites (tertiary alicyclic amines) is 1. The van der Waals surface area contributed by atoms with Crippen LogP contribution in [0.4, 0.5) is 0 Å². The van der Waals surface area contributed by atoms with Gasteiger partial charge in [-0.05, 0) is 64.8 Å². The molecule has 0 bridgehead atoms. The zero-order valence-electron chi connectivity index (χ0n) is 29.9. The SMILES string of the molecule is CCC(C)(C)C1CC(=O)N(CCC(=O)N[C@@H](CCCCNC(=O)CCN2C(=O)C=CC2=O)C(=O)NCCCCCCNC(C)(C)C)C1=O. The van der Waals surface area contributed by atoms with Crippen molar-refractivity contribution in [3.8, 4) is 0 Å². The van der Waals surface area contributed by atoms with Crippen LogP contribution >= 0.6 is 0 Å². The van der Waals surface area contributed by atoms with Crippen LogP contribution < -0.4 is 21.3 Å². The third kappa shape index (κ3) is 13.9. The van der Waals surface area contributed by atoms with Crippen LogP contribution in [0.5, 0.6) is 0 Å². The summed E-state index contributed by atoms with van der Waals surface area (Å²) < 4.78 is 0. The van der Waals surface area contributed by atoms with Gasteiger partial charge in [0.25, 0.3) is 11.8 Å². The summed E-state index contributed by atoms with van der Waals surface area (Å²) in [7, 11) is 0. The summed E-state index contributed by atoms with van der Waals surface area (Å²) in [5.41, 5.74) is -0.235. The van der Waals surface area contributed by atoms with Crippen molar-refractivity contribution in [3.63, 3.8) is 0 Å². The molecule has 270 valence electrons. The van der Waals surface area contributed by atoms with Crippen LogP contribution in [-0.2, 0) is 33.6 Å². The molecule has 0 spiro atoms. The van der Waals surface area contributed by atoms with E-state index in [0.29, 0.717) is 32.4 Å². The van der Waals surface area contributed by atoms with Gasteiger partial charge in [0, 0.05) is 63.1 Å². The van der Waals surface area contributed by atoms with E-state index < -0.39 is 29.7 Å². The van der Waals surface area contributed by atoms with Gasteiger partial charge in [0.2, 0.25) is 29.5 Å². The second kappa shape index (κ2) is 19.4. The highest BCUT2D eigenvalue weighted by atomic mass is 16.2. The molecule has 1 saturated heterocycles. The van der Waals surface area contributed by atoms with Crippen LogP contribution in [0.1, 0.15) is 112 Å². The number of carbonyl (C=O) groups excluding carboxylic acids is 7. The molecule has 1 fully saturated rings. The fraction of sp³-hybridized carbons (Fsp3) is 0.743. The zero-order chi connectivity index (χ0) is 35.9. The molecule has 48 heavy (non-hydrogen) atoms. The summed E-state index contributed by atoms with van der Waals surface area (Å²) in [4.78, 5) is 89.3. The minimum absolute atomic E-state index is 0.00419. The van der Waals surface area contributed by atoms with E-state index in [1.807, 2.05) is 20.8 Å². The number of hydrogen-bond acceptors (Lipinski definition) is 8. The second-order valence-electron chi connectivity index (χ2n) is 14.5. The van der Waals surface area contributed by atoms with Gasteiger partial charge >= 0.3 is 0 Å². The molecule has 0 radical (unpaired) electrons. The lowest BCUT2D eigenvalue weighted by Gasteiger charge is -2.28. The Hall–Kier alpha value is -3.61. The van der Waals surface area contributed by atoms with Crippen LogP contribution in [0, 0.1) is 11.3 Å². The Bertz CT molecular complexity index is 1170. The average Bonchev–Trinajstić information content (AvgIpc) is 3.50. The molecule has 2 aliphatic heterocycles. The average molecular weight is 675 g/mol. The van der Waals surface area contributed by atoms with Gasteiger partial charge < -0.3 is 21.3 Å². The maximum atomic E-state index is 13.1. The van der Waals surface area contributed by atoms with Crippen LogP contribution in [0.3, 0.4) is 0 Å². The Morgan fingerprint density at radius 2 is 1.33 bits per heavy atom. The van der Waals surface area contributed by atoms with E-state index in [9.17, 15) is 33.6 Å². The minimum Gasteiger partial charge on any atom is -0.356 e. The number of nitrogens with zero attached hydrogens (tertiary/aromatic N) is 2. The predicted molar refractivity (Wildman–Crippen MR) is 182 cm³/mol. The van der Waals surface area contributed by atoms with Crippen molar-refractivity contribution >= 4 is 41.4 Å². The zero-order valence-corrected chi connectivity index (χ0v) is 29.9. The lowest BCUT2D eigenvalue weighted by molar-refractivity contribution is -0.141. The van der Waals surface area contributed by atoms with E-state index in [1.54, 1.807) is 0 Å². The number of carbonyl (C=O) groups is 7. The van der Waals surface area contributed by atoms with Gasteiger partial charge in [-0.1, -0.05) is 40.0 Å². The van der Waals surface area contributed by atoms with Crippen LogP contribution in [0.15, 0.2) is 12.2 Å². The van der Waals surface area contributed by atoms with E-state index in [1.165, 1.54) is 17.1 Å². The Morgan fingerprint density at radius 1 is 0.771 bits per heavy atom. The molecule has 0 aromatic heterocycles. The molecule has 2 heterocycles. The first kappa shape index (κ1) is 40.6. The summed E-state index contributed by atoms with van der Waals surface area (Å²) in [6.45, 7) is 14.0. The van der Waals surface area contributed by atoms with E-state index in [2.05, 4.69) is 42.0 Å². The smallest absolute Gasteiger partial charge is 0.253 e. The molecule has 0 aromatic rings. The van der Waals surface area contributed by atoms with Crippen molar-refractivity contribution in [1.29, 1.82) is 0 Å². The van der Waals surface area contributed by atoms with E-state index in [4.69, 9.17) is 0 Å². The van der Waals surface area contributed by atoms with Gasteiger partial charge in [0.05, 0.1) is 5.92 Å². The molecule has 2 rings (SSSR count). The molecule has 13 nitrogen and oxygen atoms in total. The highest BCUT2D eigenvalue weighted by Gasteiger charge is 2.45. The summed E-state index contributed by atoms with van der Waals surface area (Å²) in [5, 5.41) is 11.9. The molecular weight excluding hydrogens is 616 g/mol. The Balaban J connectivity index is 1.82. The van der Waals surface area contributed by atoms with Gasteiger partial charge in [0.15, 0.2) is 0 Å². The first-order chi connectivity index (χ1) is 22.6. The molecule has 0 saturated carbocycles. The molecule has 2 atom stereocenters. The number of imide groups is 2. The van der Waals surface area contributed by atoms with Gasteiger partial charge in [0.1, 0.15) is 6.04 Å². The lowest BCUT2D eigenvalue weighted by atomic mass is 9.76. The van der Waals surface area contributed by atoms with E-state index in [-0.39, 0.29) is 66.9 Å². The van der Waals surface area contributed by atoms with Gasteiger partial charge in [-0.15, -0.1) is 0 Å². The normalized spacial score (nSPS) is 17.3. The first-order valence-corrected chi connectivity index (χ1v) is 17.5. The highest BCUT2D eigenvalue weighted by molar-refractivity contribution is 6.13. The second-order valence-corrected chi connectivity index (χ2v) is 14.5. The molecule has 1 unspecified atom stereocenters. The quantitative estimate of drug-likeness (QED) is 0.100. The monoisotopic (exact) mass is 674 g/mol. The van der Waals surface area contributed by atoms with Crippen molar-refractivity contribution in [2.24, 2.45) is 11.3 Å². The minimum atomic E-state index is -0.805. The maximum Gasteiger partial charge on any atom is 0.253 e. The Kier molecular flexibility index (Phi) is 16.4. The molecule has 0 aromatic carbocycles. The van der Waals surface area contributed by atoms with Crippen LogP contribution in [-0.4, -0.2) is 95.5 Å². The van der Waals surface area contributed by atoms with Gasteiger partial charge in [-0.3, -0.25) is 43.4 Å². The molecular formula is C35H58N6O7. The van der Waals surface area contributed by atoms with Crippen molar-refractivity contribution in [2.45, 2.75) is 124 Å². The predicted octanol–water partition coefficient (Wildman–Crippen LogP) is 2.34. The molecule has 7 amide bonds. The lowest BCUT2D eigenvalue weighted by Crippen LogP contribution is -2.47. The molecule has 4 N–H and O–H groups in total. The number of rotatable bonds is 22. The standard InChI is InChI=1S/C35H58N6O7/c1-7-35(5,6)25-24-31(46)41(33(25)48)23-18-28(43)39-26(32(47)37-20-11-8-9-12-21-38-34(2,3)4)14-10-13-19-36-27(42)17-22-40-29(44)15-16-30(40)45/h15-16,25-26,38H,7-14,17-24H2,1-6H3,(H,36,42)(H,37,47)(H,39,43)/t25?,26-/m0/s1. The topological polar surface area (TPSA) is 174 Å². The van der Waals surface area contributed by atoms with Crippen molar-refractivity contribution in [3.05, 3.63) is 12.2 Å². The summed E-state index contributed by atoms with van der Waals surface area (Å²) in [5.74, 6) is -2.82. The Labute approximate surface area is 285 Å². The van der Waals surface area contributed by atoms with Gasteiger partial charge in [-0.2, -0.15) is 0 Å². The largest absolute Gasteiger partial charge is 0.356 e. The van der Waals surface area contributed by atoms with Gasteiger partial charge in [-0.25, -0.2) is 0 Å². The fourth-order valence-corrected chi connectivity index (χ4v) is 5.58. The molecule has 13 heteroatoms. The number of unbranched alkanes of at least 4 members (excludes halogenated alkanes) is 4. The summed E-state index contributed by atoms with van der Waals surface area (Å²) in [6, 6.07) is -0.805. The highest BCUT2D eigenvalue weighted by Crippen LogP contribution is 2.38. The maximum absolute atomic E-state index is 13.1. The van der Waals surface area contributed by atoms with E-state index in [0.717, 1.165) is 43.5 Å². The van der Waals surface area contributed by atoms with E-state index >= 15 is 0 Å². The number of nitrogens with one attached hydrogen (secondary N) is 4.